The van der Waals surface area contributed by atoms with E-state index in [2.05, 4.69) is 10.3 Å². The van der Waals surface area contributed by atoms with E-state index in [4.69, 9.17) is 0 Å². The van der Waals surface area contributed by atoms with E-state index in [-0.39, 0.29) is 24.0 Å². The first-order valence-corrected chi connectivity index (χ1v) is 5.64. The minimum atomic E-state index is -0.321. The Morgan fingerprint density at radius 2 is 2.31 bits per heavy atom. The smallest absolute Gasteiger partial charge is 0.141 e. The number of aromatic nitrogens is 1. The molecular formula is C12H17FN2O. The molecule has 1 unspecified atom stereocenters. The van der Waals surface area contributed by atoms with Crippen LogP contribution in [0.4, 0.5) is 4.39 Å². The van der Waals surface area contributed by atoms with Crippen LogP contribution >= 0.6 is 0 Å². The SMILES string of the molecule is CC(NC1(CO)CCC1)c1cncc(F)c1. The van der Waals surface area contributed by atoms with E-state index in [0.29, 0.717) is 0 Å². The Hall–Kier alpha value is -1.00. The molecule has 3 nitrogen and oxygen atoms in total. The lowest BCUT2D eigenvalue weighted by atomic mass is 9.76. The summed E-state index contributed by atoms with van der Waals surface area (Å²) < 4.78 is 13.0. The highest BCUT2D eigenvalue weighted by molar-refractivity contribution is 5.15. The van der Waals surface area contributed by atoms with Crippen LogP contribution in [0.15, 0.2) is 18.5 Å². The molecule has 88 valence electrons. The molecule has 0 saturated heterocycles. The third kappa shape index (κ3) is 2.23. The molecule has 1 aliphatic carbocycles. The Bertz CT molecular complexity index is 360. The van der Waals surface area contributed by atoms with Crippen molar-refractivity contribution in [3.63, 3.8) is 0 Å². The summed E-state index contributed by atoms with van der Waals surface area (Å²) in [6.45, 7) is 2.10. The Balaban J connectivity index is 2.05. The summed E-state index contributed by atoms with van der Waals surface area (Å²) in [5.74, 6) is -0.321. The van der Waals surface area contributed by atoms with Crippen LogP contribution in [-0.2, 0) is 0 Å². The van der Waals surface area contributed by atoms with Crippen LogP contribution in [0.3, 0.4) is 0 Å². The van der Waals surface area contributed by atoms with Crippen molar-refractivity contribution in [1.82, 2.24) is 10.3 Å². The molecule has 1 saturated carbocycles. The van der Waals surface area contributed by atoms with Gasteiger partial charge in [-0.3, -0.25) is 4.98 Å². The van der Waals surface area contributed by atoms with Crippen molar-refractivity contribution >= 4 is 0 Å². The molecule has 1 atom stereocenters. The summed E-state index contributed by atoms with van der Waals surface area (Å²) >= 11 is 0. The Morgan fingerprint density at radius 3 is 2.81 bits per heavy atom. The van der Waals surface area contributed by atoms with E-state index in [1.165, 1.54) is 12.3 Å². The number of hydrogen-bond donors (Lipinski definition) is 2. The Labute approximate surface area is 94.7 Å². The van der Waals surface area contributed by atoms with Gasteiger partial charge >= 0.3 is 0 Å². The highest BCUT2D eigenvalue weighted by Crippen LogP contribution is 2.33. The van der Waals surface area contributed by atoms with E-state index >= 15 is 0 Å². The highest BCUT2D eigenvalue weighted by atomic mass is 19.1. The molecule has 0 aromatic carbocycles. The van der Waals surface area contributed by atoms with Crippen molar-refractivity contribution in [3.8, 4) is 0 Å². The molecule has 1 aromatic rings. The van der Waals surface area contributed by atoms with Crippen molar-refractivity contribution in [3.05, 3.63) is 29.8 Å². The quantitative estimate of drug-likeness (QED) is 0.819. The number of halogens is 1. The summed E-state index contributed by atoms with van der Waals surface area (Å²) in [6.07, 6.45) is 5.96. The molecule has 2 rings (SSSR count). The summed E-state index contributed by atoms with van der Waals surface area (Å²) in [6, 6.07) is 1.49. The molecule has 4 heteroatoms. The first-order chi connectivity index (χ1) is 7.65. The van der Waals surface area contributed by atoms with Gasteiger partial charge in [0, 0.05) is 17.8 Å². The molecule has 0 spiro atoms. The fourth-order valence-corrected chi connectivity index (χ4v) is 2.16. The number of nitrogens with zero attached hydrogens (tertiary/aromatic N) is 1. The number of rotatable bonds is 4. The van der Waals surface area contributed by atoms with Crippen LogP contribution in [0, 0.1) is 5.82 Å². The van der Waals surface area contributed by atoms with Gasteiger partial charge in [-0.25, -0.2) is 4.39 Å². The molecule has 16 heavy (non-hydrogen) atoms. The zero-order valence-electron chi connectivity index (χ0n) is 9.41. The van der Waals surface area contributed by atoms with Crippen molar-refractivity contribution < 1.29 is 9.50 Å². The molecule has 1 heterocycles. The maximum atomic E-state index is 13.0. The summed E-state index contributed by atoms with van der Waals surface area (Å²) in [5.41, 5.74) is 0.658. The number of aliphatic hydroxyl groups excluding tert-OH is 1. The first kappa shape index (κ1) is 11.5. The molecule has 0 bridgehead atoms. The molecule has 1 aromatic heterocycles. The summed E-state index contributed by atoms with van der Waals surface area (Å²) in [7, 11) is 0. The van der Waals surface area contributed by atoms with Gasteiger partial charge in [-0.05, 0) is 37.8 Å². The van der Waals surface area contributed by atoms with Gasteiger partial charge in [0.2, 0.25) is 0 Å². The lowest BCUT2D eigenvalue weighted by Gasteiger charge is -2.43. The van der Waals surface area contributed by atoms with E-state index in [0.717, 1.165) is 24.8 Å². The van der Waals surface area contributed by atoms with Gasteiger partial charge < -0.3 is 10.4 Å². The van der Waals surface area contributed by atoms with E-state index < -0.39 is 0 Å². The molecule has 2 N–H and O–H groups in total. The Kier molecular flexibility index (Phi) is 3.21. The molecule has 0 amide bonds. The van der Waals surface area contributed by atoms with Gasteiger partial charge in [-0.15, -0.1) is 0 Å². The van der Waals surface area contributed by atoms with Crippen LogP contribution in [0.5, 0.6) is 0 Å². The van der Waals surface area contributed by atoms with E-state index in [1.807, 2.05) is 6.92 Å². The molecular weight excluding hydrogens is 207 g/mol. The van der Waals surface area contributed by atoms with Gasteiger partial charge in [-0.2, -0.15) is 0 Å². The lowest BCUT2D eigenvalue weighted by molar-refractivity contribution is 0.0786. The van der Waals surface area contributed by atoms with Gasteiger partial charge in [0.1, 0.15) is 5.82 Å². The zero-order valence-corrected chi connectivity index (χ0v) is 9.41. The summed E-state index contributed by atoms with van der Waals surface area (Å²) in [5, 5.41) is 12.7. The van der Waals surface area contributed by atoms with Crippen LogP contribution in [0.1, 0.15) is 37.8 Å². The predicted molar refractivity (Wildman–Crippen MR) is 59.4 cm³/mol. The summed E-state index contributed by atoms with van der Waals surface area (Å²) in [4.78, 5) is 3.83. The predicted octanol–water partition coefficient (Wildman–Crippen LogP) is 1.79. The fraction of sp³-hybridized carbons (Fsp3) is 0.583. The molecule has 0 radical (unpaired) electrons. The van der Waals surface area contributed by atoms with Gasteiger partial charge in [0.05, 0.1) is 12.8 Å². The number of hydrogen-bond acceptors (Lipinski definition) is 3. The third-order valence-electron chi connectivity index (χ3n) is 3.36. The van der Waals surface area contributed by atoms with Crippen LogP contribution in [-0.4, -0.2) is 22.2 Å². The second-order valence-corrected chi connectivity index (χ2v) is 4.59. The third-order valence-corrected chi connectivity index (χ3v) is 3.36. The maximum Gasteiger partial charge on any atom is 0.141 e. The fourth-order valence-electron chi connectivity index (χ4n) is 2.16. The highest BCUT2D eigenvalue weighted by Gasteiger charge is 2.37. The average molecular weight is 224 g/mol. The van der Waals surface area contributed by atoms with E-state index in [9.17, 15) is 9.50 Å². The van der Waals surface area contributed by atoms with E-state index in [1.54, 1.807) is 6.20 Å². The van der Waals surface area contributed by atoms with Crippen molar-refractivity contribution in [2.45, 2.75) is 37.8 Å². The van der Waals surface area contributed by atoms with Crippen LogP contribution in [0.2, 0.25) is 0 Å². The minimum absolute atomic E-state index is 0.00986. The molecule has 1 fully saturated rings. The van der Waals surface area contributed by atoms with Crippen LogP contribution < -0.4 is 5.32 Å². The van der Waals surface area contributed by atoms with Gasteiger partial charge in [0.15, 0.2) is 0 Å². The maximum absolute atomic E-state index is 13.0. The molecule has 0 aliphatic heterocycles. The second kappa shape index (κ2) is 4.47. The number of pyridine rings is 1. The second-order valence-electron chi connectivity index (χ2n) is 4.59. The monoisotopic (exact) mass is 224 g/mol. The number of aliphatic hydroxyl groups is 1. The lowest BCUT2D eigenvalue weighted by Crippen LogP contribution is -2.54. The Morgan fingerprint density at radius 1 is 1.56 bits per heavy atom. The average Bonchev–Trinajstić information content (AvgIpc) is 2.23. The number of nitrogens with one attached hydrogen (secondary N) is 1. The topological polar surface area (TPSA) is 45.1 Å². The standard InChI is InChI=1S/C12H17FN2O/c1-9(10-5-11(13)7-14-6-10)15-12(8-16)3-2-4-12/h5-7,9,15-16H,2-4,8H2,1H3. The molecule has 1 aliphatic rings. The first-order valence-electron chi connectivity index (χ1n) is 5.64. The normalized spacial score (nSPS) is 20.2. The zero-order chi connectivity index (χ0) is 11.6. The van der Waals surface area contributed by atoms with Crippen LogP contribution in [0.25, 0.3) is 0 Å². The largest absolute Gasteiger partial charge is 0.394 e. The van der Waals surface area contributed by atoms with Gasteiger partial charge in [-0.1, -0.05) is 0 Å². The van der Waals surface area contributed by atoms with Crippen molar-refractivity contribution in [2.75, 3.05) is 6.61 Å². The van der Waals surface area contributed by atoms with Crippen molar-refractivity contribution in [2.24, 2.45) is 0 Å². The van der Waals surface area contributed by atoms with Gasteiger partial charge in [0.25, 0.3) is 0 Å². The van der Waals surface area contributed by atoms with Crippen molar-refractivity contribution in [1.29, 1.82) is 0 Å². The minimum Gasteiger partial charge on any atom is -0.394 e.